The molecule has 2 atom stereocenters. The topological polar surface area (TPSA) is 12.9 Å². The summed E-state index contributed by atoms with van der Waals surface area (Å²) >= 11 is 1.91. The standard InChI is InChI=1S/C59H47N3S/c1-4-38-35-49(39-18-7-5-8-19-39)37(2)59(3)58(62(59)56(38)40-30-31-46-45-25-13-16-29-53(45)63-54(46)36-40)41-20-17-23-43(34-41)61-50-27-14-11-24-44(50)47-32-33-52-55(57(47)61)48-26-12-15-28-51(48)60(52)42-21-9-6-10-22-42/h5,7-9,11-34,36,58H,4,6,10,35H2,1-3H3. The summed E-state index contributed by atoms with van der Waals surface area (Å²) in [6.07, 6.45) is 11.1. The number of fused-ring (bicyclic) bond motifs is 11. The van der Waals surface area contributed by atoms with Gasteiger partial charge in [-0.15, -0.1) is 11.3 Å². The van der Waals surface area contributed by atoms with Gasteiger partial charge in [-0.25, -0.2) is 0 Å². The van der Waals surface area contributed by atoms with Crippen LogP contribution in [0.15, 0.2) is 187 Å². The number of hydrogen-bond donors (Lipinski definition) is 0. The van der Waals surface area contributed by atoms with Gasteiger partial charge in [0.15, 0.2) is 0 Å². The Morgan fingerprint density at radius 3 is 2.16 bits per heavy atom. The van der Waals surface area contributed by atoms with E-state index in [1.807, 2.05) is 11.3 Å². The highest BCUT2D eigenvalue weighted by molar-refractivity contribution is 7.25. The molecule has 2 unspecified atom stereocenters. The molecule has 0 bridgehead atoms. The van der Waals surface area contributed by atoms with Crippen LogP contribution in [0.2, 0.25) is 0 Å². The molecule has 1 fully saturated rings. The smallest absolute Gasteiger partial charge is 0.0842 e. The van der Waals surface area contributed by atoms with Crippen molar-refractivity contribution < 1.29 is 0 Å². The highest BCUT2D eigenvalue weighted by Crippen LogP contribution is 2.65. The van der Waals surface area contributed by atoms with Crippen LogP contribution in [0.3, 0.4) is 0 Å². The molecular formula is C59H47N3S. The number of thiophene rings is 1. The predicted molar refractivity (Wildman–Crippen MR) is 270 cm³/mol. The fourth-order valence-electron chi connectivity index (χ4n) is 11.6. The molecule has 0 saturated carbocycles. The minimum atomic E-state index is -0.214. The van der Waals surface area contributed by atoms with Crippen LogP contribution in [0.25, 0.3) is 86.4 Å². The van der Waals surface area contributed by atoms with Gasteiger partial charge in [-0.05, 0) is 121 Å². The Morgan fingerprint density at radius 1 is 0.619 bits per heavy atom. The molecule has 10 aromatic rings. The van der Waals surface area contributed by atoms with Crippen LogP contribution in [0.1, 0.15) is 69.2 Å². The summed E-state index contributed by atoms with van der Waals surface area (Å²) in [5.41, 5.74) is 17.1. The molecular weight excluding hydrogens is 783 g/mol. The lowest BCUT2D eigenvalue weighted by Crippen LogP contribution is -2.15. The monoisotopic (exact) mass is 829 g/mol. The summed E-state index contributed by atoms with van der Waals surface area (Å²) in [7, 11) is 0. The van der Waals surface area contributed by atoms with Crippen molar-refractivity contribution in [3.63, 3.8) is 0 Å². The molecule has 3 aromatic heterocycles. The Hall–Kier alpha value is -6.88. The first kappa shape index (κ1) is 36.7. The average molecular weight is 830 g/mol. The first-order chi connectivity index (χ1) is 31.0. The SMILES string of the molecule is CCC1=C(c2ccc3c(c2)sc2ccccc23)N2C(c3cccc(-n4c5ccccc5c5ccc6c(c7ccccc7n6C6=CCCC=C6)c54)c3)C2(C)C(C)=C(c2ccccc2)C1. The molecule has 3 aliphatic rings. The zero-order valence-electron chi connectivity index (χ0n) is 35.9. The maximum absolute atomic E-state index is 2.79. The largest absolute Gasteiger partial charge is 0.350 e. The van der Waals surface area contributed by atoms with Crippen LogP contribution in [0, 0.1) is 0 Å². The average Bonchev–Trinajstić information content (AvgIpc) is 3.57. The van der Waals surface area contributed by atoms with Crippen LogP contribution in [0.4, 0.5) is 0 Å². The van der Waals surface area contributed by atoms with E-state index in [0.717, 1.165) is 25.7 Å². The van der Waals surface area contributed by atoms with Crippen molar-refractivity contribution in [2.24, 2.45) is 0 Å². The molecule has 0 amide bonds. The van der Waals surface area contributed by atoms with Gasteiger partial charge in [0.25, 0.3) is 0 Å². The van der Waals surface area contributed by atoms with Crippen LogP contribution < -0.4 is 0 Å². The fraction of sp³-hybridized carbons (Fsp3) is 0.153. The van der Waals surface area contributed by atoms with Gasteiger partial charge >= 0.3 is 0 Å². The highest BCUT2D eigenvalue weighted by atomic mass is 32.1. The third-order valence-electron chi connectivity index (χ3n) is 14.8. The van der Waals surface area contributed by atoms with Gasteiger partial charge in [0.2, 0.25) is 0 Å². The number of allylic oxidation sites excluding steroid dienone is 6. The van der Waals surface area contributed by atoms with E-state index in [0.29, 0.717) is 0 Å². The normalized spacial score (nSPS) is 19.0. The number of hydrogen-bond acceptors (Lipinski definition) is 2. The summed E-state index contributed by atoms with van der Waals surface area (Å²) in [6, 6.07) is 59.7. The minimum absolute atomic E-state index is 0.158. The van der Waals surface area contributed by atoms with E-state index in [4.69, 9.17) is 0 Å². The number of aromatic nitrogens is 2. The van der Waals surface area contributed by atoms with E-state index in [-0.39, 0.29) is 11.6 Å². The lowest BCUT2D eigenvalue weighted by molar-refractivity contribution is 0.611. The fourth-order valence-corrected chi connectivity index (χ4v) is 12.8. The third-order valence-corrected chi connectivity index (χ3v) is 15.9. The maximum Gasteiger partial charge on any atom is 0.0842 e. The molecule has 7 aromatic carbocycles. The molecule has 2 aliphatic heterocycles. The Bertz CT molecular complexity index is 3680. The predicted octanol–water partition coefficient (Wildman–Crippen LogP) is 16.3. The molecule has 0 radical (unpaired) electrons. The lowest BCUT2D eigenvalue weighted by atomic mass is 9.85. The maximum atomic E-state index is 2.79. The van der Waals surface area contributed by atoms with Gasteiger partial charge in [0.1, 0.15) is 0 Å². The molecule has 13 rings (SSSR count). The van der Waals surface area contributed by atoms with Gasteiger partial charge in [-0.1, -0.05) is 134 Å². The van der Waals surface area contributed by atoms with E-state index < -0.39 is 0 Å². The summed E-state index contributed by atoms with van der Waals surface area (Å²) < 4.78 is 7.75. The summed E-state index contributed by atoms with van der Waals surface area (Å²) in [4.78, 5) is 2.79. The zero-order chi connectivity index (χ0) is 42.0. The first-order valence-electron chi connectivity index (χ1n) is 22.6. The van der Waals surface area contributed by atoms with Crippen molar-refractivity contribution in [3.8, 4) is 5.69 Å². The number of benzene rings is 7. The van der Waals surface area contributed by atoms with Crippen LogP contribution in [0.5, 0.6) is 0 Å². The van der Waals surface area contributed by atoms with E-state index >= 15 is 0 Å². The van der Waals surface area contributed by atoms with Gasteiger partial charge in [0, 0.05) is 58.8 Å². The van der Waals surface area contributed by atoms with E-state index in [2.05, 4.69) is 211 Å². The van der Waals surface area contributed by atoms with Crippen molar-refractivity contribution in [2.45, 2.75) is 58.0 Å². The van der Waals surface area contributed by atoms with Crippen LogP contribution >= 0.6 is 11.3 Å². The van der Waals surface area contributed by atoms with Gasteiger partial charge in [-0.2, -0.15) is 0 Å². The lowest BCUT2D eigenvalue weighted by Gasteiger charge is -2.19. The molecule has 3 nitrogen and oxygen atoms in total. The van der Waals surface area contributed by atoms with E-state index in [9.17, 15) is 0 Å². The second-order valence-corrected chi connectivity index (χ2v) is 19.0. The first-order valence-corrected chi connectivity index (χ1v) is 23.5. The molecule has 4 heteroatoms. The van der Waals surface area contributed by atoms with Crippen molar-refractivity contribution in [1.29, 1.82) is 0 Å². The summed E-state index contributed by atoms with van der Waals surface area (Å²) in [5.74, 6) is 0. The molecule has 304 valence electrons. The highest BCUT2D eigenvalue weighted by Gasteiger charge is 2.63. The molecule has 0 N–H and O–H groups in total. The van der Waals surface area contributed by atoms with Crippen molar-refractivity contribution in [3.05, 3.63) is 204 Å². The Balaban J connectivity index is 1.04. The van der Waals surface area contributed by atoms with Crippen molar-refractivity contribution >= 4 is 92.1 Å². The minimum Gasteiger partial charge on any atom is -0.350 e. The quantitative estimate of drug-likeness (QED) is 0.152. The van der Waals surface area contributed by atoms with Gasteiger partial charge in [-0.3, -0.25) is 0 Å². The molecule has 63 heavy (non-hydrogen) atoms. The second-order valence-electron chi connectivity index (χ2n) is 17.9. The summed E-state index contributed by atoms with van der Waals surface area (Å²) in [5, 5.41) is 7.85. The van der Waals surface area contributed by atoms with Gasteiger partial charge in [0.05, 0.1) is 33.6 Å². The second kappa shape index (κ2) is 13.8. The third kappa shape index (κ3) is 5.25. The molecule has 1 saturated heterocycles. The Morgan fingerprint density at radius 2 is 1.35 bits per heavy atom. The number of nitrogens with zero attached hydrogens (tertiary/aromatic N) is 3. The molecule has 5 heterocycles. The van der Waals surface area contributed by atoms with Crippen LogP contribution in [-0.4, -0.2) is 19.6 Å². The van der Waals surface area contributed by atoms with Crippen molar-refractivity contribution in [2.75, 3.05) is 0 Å². The van der Waals surface area contributed by atoms with Crippen LogP contribution in [-0.2, 0) is 0 Å². The van der Waals surface area contributed by atoms with Gasteiger partial charge < -0.3 is 14.0 Å². The number of rotatable bonds is 6. The Labute approximate surface area is 371 Å². The Kier molecular flexibility index (Phi) is 8.05. The summed E-state index contributed by atoms with van der Waals surface area (Å²) in [6.45, 7) is 7.28. The zero-order valence-corrected chi connectivity index (χ0v) is 36.7. The van der Waals surface area contributed by atoms with Crippen molar-refractivity contribution in [1.82, 2.24) is 14.0 Å². The molecule has 0 spiro atoms. The van der Waals surface area contributed by atoms with E-state index in [1.165, 1.54) is 114 Å². The molecule has 1 aliphatic carbocycles. The van der Waals surface area contributed by atoms with E-state index in [1.54, 1.807) is 0 Å². The number of para-hydroxylation sites is 2.